The quantitative estimate of drug-likeness (QED) is 0.438. The van der Waals surface area contributed by atoms with Crippen LogP contribution in [0.4, 0.5) is 26.3 Å². The molecule has 2 rings (SSSR count). The SMILES string of the molecule is CC(=O)O[C@@H]1C[C@H]2[C@H](Br)[C@@H]1NC2(C(F)(F)F)C(F)(F)F. The molecule has 4 atom stereocenters. The van der Waals surface area contributed by atoms with Crippen molar-refractivity contribution < 1.29 is 35.9 Å². The van der Waals surface area contributed by atoms with E-state index in [9.17, 15) is 31.1 Å². The van der Waals surface area contributed by atoms with Crippen LogP contribution in [0.25, 0.3) is 0 Å². The van der Waals surface area contributed by atoms with E-state index in [1.807, 2.05) is 0 Å². The third-order valence-corrected chi connectivity index (χ3v) is 4.98. The Hall–Kier alpha value is -0.510. The fraction of sp³-hybridized carbons (Fsp3) is 0.900. The number of halogens is 7. The second-order valence-corrected chi connectivity index (χ2v) is 5.97. The van der Waals surface area contributed by atoms with Crippen LogP contribution in [0.5, 0.6) is 0 Å². The van der Waals surface area contributed by atoms with Crippen molar-refractivity contribution >= 4 is 21.9 Å². The molecule has 10 heteroatoms. The van der Waals surface area contributed by atoms with Gasteiger partial charge in [-0.15, -0.1) is 0 Å². The van der Waals surface area contributed by atoms with Crippen LogP contribution >= 0.6 is 15.9 Å². The smallest absolute Gasteiger partial charge is 0.415 e. The molecule has 0 aromatic heterocycles. The van der Waals surface area contributed by atoms with Crippen molar-refractivity contribution in [2.45, 2.75) is 48.2 Å². The summed E-state index contributed by atoms with van der Waals surface area (Å²) in [4.78, 5) is 9.75. The average molecular weight is 370 g/mol. The number of hydrogen-bond acceptors (Lipinski definition) is 3. The molecule has 0 aromatic rings. The van der Waals surface area contributed by atoms with E-state index in [0.717, 1.165) is 6.92 Å². The Bertz CT molecular complexity index is 409. The van der Waals surface area contributed by atoms with Crippen molar-refractivity contribution in [3.8, 4) is 0 Å². The zero-order valence-corrected chi connectivity index (χ0v) is 11.6. The number of fused-ring (bicyclic) bond motifs is 2. The molecular formula is C10H10BrF6NO2. The average Bonchev–Trinajstić information content (AvgIpc) is 2.66. The predicted molar refractivity (Wildman–Crippen MR) is 58.1 cm³/mol. The van der Waals surface area contributed by atoms with Crippen LogP contribution in [0.3, 0.4) is 0 Å². The normalized spacial score (nSPS) is 36.2. The van der Waals surface area contributed by atoms with E-state index >= 15 is 0 Å². The molecule has 116 valence electrons. The Morgan fingerprint density at radius 2 is 1.75 bits per heavy atom. The molecule has 1 heterocycles. The number of rotatable bonds is 1. The summed E-state index contributed by atoms with van der Waals surface area (Å²) < 4.78 is 82.9. The summed E-state index contributed by atoms with van der Waals surface area (Å²) in [6.07, 6.45) is -12.5. The Morgan fingerprint density at radius 3 is 2.05 bits per heavy atom. The maximum absolute atomic E-state index is 13.0. The highest BCUT2D eigenvalue weighted by Crippen LogP contribution is 2.59. The summed E-state index contributed by atoms with van der Waals surface area (Å²) in [5.74, 6) is -2.52. The summed E-state index contributed by atoms with van der Waals surface area (Å²) in [6, 6.07) is -1.23. The van der Waals surface area contributed by atoms with Gasteiger partial charge in [0.25, 0.3) is 0 Å². The third-order valence-electron chi connectivity index (χ3n) is 3.78. The number of piperidine rings is 1. The van der Waals surface area contributed by atoms with E-state index < -0.39 is 53.2 Å². The molecule has 1 aliphatic carbocycles. The highest BCUT2D eigenvalue weighted by atomic mass is 79.9. The van der Waals surface area contributed by atoms with E-state index in [-0.39, 0.29) is 0 Å². The number of hydrogen-bond donors (Lipinski definition) is 1. The third kappa shape index (κ3) is 2.02. The monoisotopic (exact) mass is 369 g/mol. The number of esters is 1. The minimum absolute atomic E-state index is 0.494. The number of nitrogens with one attached hydrogen (secondary N) is 1. The van der Waals surface area contributed by atoms with Gasteiger partial charge in [0.1, 0.15) is 6.10 Å². The number of carbonyl (C=O) groups excluding carboxylic acids is 1. The van der Waals surface area contributed by atoms with Crippen LogP contribution in [-0.4, -0.2) is 40.8 Å². The predicted octanol–water partition coefficient (Wildman–Crippen LogP) is 2.54. The Balaban J connectivity index is 2.37. The van der Waals surface area contributed by atoms with Crippen molar-refractivity contribution in [3.05, 3.63) is 0 Å². The van der Waals surface area contributed by atoms with Gasteiger partial charge < -0.3 is 4.74 Å². The fourth-order valence-electron chi connectivity index (χ4n) is 3.02. The van der Waals surface area contributed by atoms with Crippen LogP contribution in [-0.2, 0) is 9.53 Å². The molecule has 0 unspecified atom stereocenters. The standard InChI is InChI=1S/C10H10BrF6NO2/c1-3(19)20-5-2-4-6(11)7(5)18-8(4,9(12,13)14)10(15,16)17/h4-7,18H,2H2,1H3/t4-,5+,6-,7+/m0/s1. The molecule has 1 saturated heterocycles. The molecule has 3 nitrogen and oxygen atoms in total. The molecule has 1 aliphatic heterocycles. The lowest BCUT2D eigenvalue weighted by molar-refractivity contribution is -0.320. The summed E-state index contributed by atoms with van der Waals surface area (Å²) >= 11 is 2.87. The first-order valence-electron chi connectivity index (χ1n) is 5.64. The maximum Gasteiger partial charge on any atom is 0.415 e. The van der Waals surface area contributed by atoms with Gasteiger partial charge >= 0.3 is 18.3 Å². The summed E-state index contributed by atoms with van der Waals surface area (Å²) in [5.41, 5.74) is -3.96. The van der Waals surface area contributed by atoms with Gasteiger partial charge in [0.05, 0.1) is 6.04 Å². The van der Waals surface area contributed by atoms with E-state index in [2.05, 4.69) is 15.9 Å². The summed E-state index contributed by atoms with van der Waals surface area (Å²) in [5, 5.41) is 1.61. The summed E-state index contributed by atoms with van der Waals surface area (Å²) in [7, 11) is 0. The molecular weight excluding hydrogens is 360 g/mol. The van der Waals surface area contributed by atoms with Crippen LogP contribution < -0.4 is 5.32 Å². The molecule has 2 bridgehead atoms. The molecule has 0 spiro atoms. The largest absolute Gasteiger partial charge is 0.461 e. The molecule has 0 amide bonds. The molecule has 0 aromatic carbocycles. The van der Waals surface area contributed by atoms with E-state index in [0.29, 0.717) is 0 Å². The van der Waals surface area contributed by atoms with Gasteiger partial charge in [0, 0.05) is 17.7 Å². The van der Waals surface area contributed by atoms with Gasteiger partial charge in [-0.3, -0.25) is 10.1 Å². The van der Waals surface area contributed by atoms with Gasteiger partial charge in [0.15, 0.2) is 0 Å². The summed E-state index contributed by atoms with van der Waals surface area (Å²) in [6.45, 7) is 1.05. The van der Waals surface area contributed by atoms with Crippen molar-refractivity contribution in [1.29, 1.82) is 0 Å². The van der Waals surface area contributed by atoms with Gasteiger partial charge in [0.2, 0.25) is 5.54 Å². The lowest BCUT2D eigenvalue weighted by Gasteiger charge is -2.42. The highest BCUT2D eigenvalue weighted by Gasteiger charge is 2.81. The number of ether oxygens (including phenoxy) is 1. The Morgan fingerprint density at radius 1 is 1.25 bits per heavy atom. The van der Waals surface area contributed by atoms with Crippen LogP contribution in [0.15, 0.2) is 0 Å². The molecule has 0 radical (unpaired) electrons. The van der Waals surface area contributed by atoms with E-state index in [4.69, 9.17) is 4.74 Å². The van der Waals surface area contributed by atoms with Gasteiger partial charge in [-0.1, -0.05) is 15.9 Å². The molecule has 1 N–H and O–H groups in total. The Labute approximate surface area is 118 Å². The highest BCUT2D eigenvalue weighted by molar-refractivity contribution is 9.09. The molecule has 1 saturated carbocycles. The fourth-order valence-corrected chi connectivity index (χ4v) is 4.10. The van der Waals surface area contributed by atoms with E-state index in [1.165, 1.54) is 0 Å². The van der Waals surface area contributed by atoms with Crippen molar-refractivity contribution in [3.63, 3.8) is 0 Å². The van der Waals surface area contributed by atoms with Crippen molar-refractivity contribution in [1.82, 2.24) is 5.32 Å². The van der Waals surface area contributed by atoms with Crippen molar-refractivity contribution in [2.75, 3.05) is 0 Å². The van der Waals surface area contributed by atoms with Gasteiger partial charge in [-0.2, -0.15) is 26.3 Å². The second kappa shape index (κ2) is 4.49. The first-order chi connectivity index (χ1) is 8.92. The van der Waals surface area contributed by atoms with Crippen molar-refractivity contribution in [2.24, 2.45) is 5.92 Å². The first kappa shape index (κ1) is 15.9. The maximum atomic E-state index is 13.0. The Kier molecular flexibility index (Phi) is 3.56. The number of carbonyl (C=O) groups is 1. The topological polar surface area (TPSA) is 38.3 Å². The van der Waals surface area contributed by atoms with Gasteiger partial charge in [-0.25, -0.2) is 0 Å². The second-order valence-electron chi connectivity index (χ2n) is 4.91. The minimum Gasteiger partial charge on any atom is -0.461 e. The number of alkyl halides is 7. The lowest BCUT2D eigenvalue weighted by Crippen LogP contribution is -2.70. The molecule has 2 aliphatic rings. The zero-order chi connectivity index (χ0) is 15.5. The lowest BCUT2D eigenvalue weighted by atomic mass is 9.82. The van der Waals surface area contributed by atoms with Crippen LogP contribution in [0.1, 0.15) is 13.3 Å². The van der Waals surface area contributed by atoms with E-state index in [1.54, 1.807) is 5.32 Å². The van der Waals surface area contributed by atoms with Crippen LogP contribution in [0, 0.1) is 5.92 Å². The zero-order valence-electron chi connectivity index (χ0n) is 9.98. The molecule has 2 fully saturated rings. The first-order valence-corrected chi connectivity index (χ1v) is 6.56. The van der Waals surface area contributed by atoms with Crippen LogP contribution in [0.2, 0.25) is 0 Å². The molecule has 20 heavy (non-hydrogen) atoms. The minimum atomic E-state index is -5.49. The van der Waals surface area contributed by atoms with Gasteiger partial charge in [-0.05, 0) is 6.42 Å².